The molecule has 0 radical (unpaired) electrons. The largest absolute Gasteiger partial charge is 0.508 e. The van der Waals surface area contributed by atoms with E-state index in [1.54, 1.807) is 35.1 Å². The van der Waals surface area contributed by atoms with Crippen molar-refractivity contribution in [3.63, 3.8) is 0 Å². The van der Waals surface area contributed by atoms with Crippen LogP contribution in [0.15, 0.2) is 90.2 Å². The smallest absolute Gasteiger partial charge is 0.215 e. The molecule has 0 aliphatic rings. The van der Waals surface area contributed by atoms with Crippen LogP contribution in [0.25, 0.3) is 16.6 Å². The molecule has 0 aliphatic carbocycles. The molecular formula is C23H17N5O2S. The Balaban J connectivity index is 1.55. The van der Waals surface area contributed by atoms with Crippen molar-refractivity contribution in [3.05, 3.63) is 96.2 Å². The summed E-state index contributed by atoms with van der Waals surface area (Å²) in [7, 11) is 0. The number of carbonyl (C=O) groups is 1. The molecule has 7 nitrogen and oxygen atoms in total. The van der Waals surface area contributed by atoms with Crippen molar-refractivity contribution in [2.24, 2.45) is 0 Å². The zero-order chi connectivity index (χ0) is 21.2. The lowest BCUT2D eigenvalue weighted by Gasteiger charge is -2.15. The van der Waals surface area contributed by atoms with E-state index in [9.17, 15) is 9.90 Å². The average molecular weight is 427 g/mol. The van der Waals surface area contributed by atoms with Crippen molar-refractivity contribution in [2.45, 2.75) is 10.4 Å². The minimum Gasteiger partial charge on any atom is -0.508 e. The highest BCUT2D eigenvalue weighted by Gasteiger charge is 2.28. The van der Waals surface area contributed by atoms with E-state index in [0.29, 0.717) is 16.4 Å². The van der Waals surface area contributed by atoms with E-state index < -0.39 is 5.25 Å². The van der Waals surface area contributed by atoms with Crippen LogP contribution < -0.4 is 0 Å². The van der Waals surface area contributed by atoms with Gasteiger partial charge in [-0.15, -0.1) is 5.10 Å². The van der Waals surface area contributed by atoms with Crippen LogP contribution in [-0.4, -0.2) is 36.1 Å². The van der Waals surface area contributed by atoms with Gasteiger partial charge in [-0.05, 0) is 46.3 Å². The van der Waals surface area contributed by atoms with Gasteiger partial charge < -0.3 is 10.1 Å². The molecule has 8 heteroatoms. The number of H-pyrrole nitrogens is 1. The highest BCUT2D eigenvalue weighted by atomic mass is 32.2. The summed E-state index contributed by atoms with van der Waals surface area (Å²) >= 11 is 1.29. The van der Waals surface area contributed by atoms with Crippen LogP contribution in [0.2, 0.25) is 0 Å². The molecule has 0 fully saturated rings. The third-order valence-electron chi connectivity index (χ3n) is 4.95. The predicted octanol–water partition coefficient (Wildman–Crippen LogP) is 4.57. The number of fused-ring (bicyclic) bond motifs is 1. The van der Waals surface area contributed by atoms with Crippen molar-refractivity contribution in [3.8, 4) is 11.4 Å². The third kappa shape index (κ3) is 3.69. The summed E-state index contributed by atoms with van der Waals surface area (Å²) in [6.45, 7) is 0. The van der Waals surface area contributed by atoms with Gasteiger partial charge in [0.25, 0.3) is 0 Å². The number of nitrogens with zero attached hydrogens (tertiary/aromatic N) is 4. The molecule has 0 saturated carbocycles. The van der Waals surface area contributed by atoms with E-state index in [1.165, 1.54) is 11.8 Å². The molecule has 5 rings (SSSR count). The van der Waals surface area contributed by atoms with Crippen molar-refractivity contribution >= 4 is 28.4 Å². The Hall–Kier alpha value is -3.91. The number of aromatic hydroxyl groups is 1. The van der Waals surface area contributed by atoms with E-state index in [4.69, 9.17) is 0 Å². The van der Waals surface area contributed by atoms with E-state index in [2.05, 4.69) is 20.5 Å². The lowest BCUT2D eigenvalue weighted by Crippen LogP contribution is -2.11. The first-order valence-corrected chi connectivity index (χ1v) is 10.5. The summed E-state index contributed by atoms with van der Waals surface area (Å²) in [5.74, 6) is 0.122. The molecule has 152 valence electrons. The number of carbonyl (C=O) groups excluding carboxylic acids is 1. The minimum absolute atomic E-state index is 0.0334. The number of phenolic OH excluding ortho intramolecular Hbond substituents is 1. The van der Waals surface area contributed by atoms with Gasteiger partial charge in [-0.1, -0.05) is 60.3 Å². The lowest BCUT2D eigenvalue weighted by molar-refractivity contribution is 0.0991. The lowest BCUT2D eigenvalue weighted by atomic mass is 10.0. The molecule has 3 aromatic carbocycles. The van der Waals surface area contributed by atoms with Gasteiger partial charge in [0.1, 0.15) is 11.0 Å². The van der Waals surface area contributed by atoms with Crippen molar-refractivity contribution in [1.82, 2.24) is 25.2 Å². The number of nitrogens with one attached hydrogen (secondary N) is 1. The Morgan fingerprint density at radius 2 is 1.71 bits per heavy atom. The van der Waals surface area contributed by atoms with Gasteiger partial charge in [0.05, 0.1) is 5.69 Å². The molecule has 5 aromatic rings. The Kier molecular flexibility index (Phi) is 4.97. The number of benzene rings is 3. The van der Waals surface area contributed by atoms with Gasteiger partial charge in [0.2, 0.25) is 5.16 Å². The topological polar surface area (TPSA) is 96.7 Å². The summed E-state index contributed by atoms with van der Waals surface area (Å²) in [4.78, 5) is 16.9. The van der Waals surface area contributed by atoms with Gasteiger partial charge in [0.15, 0.2) is 5.78 Å². The van der Waals surface area contributed by atoms with E-state index in [1.807, 2.05) is 54.6 Å². The summed E-state index contributed by atoms with van der Waals surface area (Å²) < 4.78 is 1.56. The maximum Gasteiger partial charge on any atom is 0.215 e. The van der Waals surface area contributed by atoms with E-state index >= 15 is 0 Å². The molecular weight excluding hydrogens is 410 g/mol. The normalized spacial score (nSPS) is 12.1. The maximum atomic E-state index is 13.7. The number of aromatic amines is 1. The highest BCUT2D eigenvalue weighted by molar-refractivity contribution is 8.00. The zero-order valence-corrected chi connectivity index (χ0v) is 17.0. The van der Waals surface area contributed by atoms with Crippen LogP contribution in [0.5, 0.6) is 5.75 Å². The number of aromatic nitrogens is 5. The van der Waals surface area contributed by atoms with Gasteiger partial charge in [-0.2, -0.15) is 4.68 Å². The Morgan fingerprint density at radius 1 is 0.968 bits per heavy atom. The SMILES string of the molecule is O=C(c1c[nH]c2ccccc12)C(Sc1nnnn1-c1ccc(O)cc1)c1ccccc1. The quantitative estimate of drug-likeness (QED) is 0.304. The third-order valence-corrected chi connectivity index (χ3v) is 6.14. The number of hydrogen-bond acceptors (Lipinski definition) is 6. The molecule has 2 heterocycles. The van der Waals surface area contributed by atoms with Crippen molar-refractivity contribution < 1.29 is 9.90 Å². The Morgan fingerprint density at radius 3 is 2.52 bits per heavy atom. The number of ketones is 1. The Bertz CT molecular complexity index is 1350. The van der Waals surface area contributed by atoms with Crippen molar-refractivity contribution in [1.29, 1.82) is 0 Å². The second-order valence-corrected chi connectivity index (χ2v) is 7.98. The fourth-order valence-electron chi connectivity index (χ4n) is 3.43. The van der Waals surface area contributed by atoms with Gasteiger partial charge in [0, 0.05) is 22.7 Å². The number of rotatable bonds is 6. The van der Waals surface area contributed by atoms with Gasteiger partial charge in [-0.3, -0.25) is 4.79 Å². The van der Waals surface area contributed by atoms with Crippen molar-refractivity contribution in [2.75, 3.05) is 0 Å². The first-order valence-electron chi connectivity index (χ1n) is 9.60. The van der Waals surface area contributed by atoms with Crippen LogP contribution in [0.4, 0.5) is 0 Å². The van der Waals surface area contributed by atoms with Gasteiger partial charge in [-0.25, -0.2) is 0 Å². The Labute approximate surface area is 181 Å². The summed E-state index contributed by atoms with van der Waals surface area (Å²) in [6, 6.07) is 23.9. The molecule has 0 aliphatic heterocycles. The first kappa shape index (κ1) is 19.1. The van der Waals surface area contributed by atoms with E-state index in [0.717, 1.165) is 16.5 Å². The summed E-state index contributed by atoms with van der Waals surface area (Å²) in [5, 5.41) is 22.4. The minimum atomic E-state index is -0.540. The number of thioether (sulfide) groups is 1. The molecule has 0 amide bonds. The molecule has 1 unspecified atom stereocenters. The summed E-state index contributed by atoms with van der Waals surface area (Å²) in [5.41, 5.74) is 3.09. The zero-order valence-electron chi connectivity index (χ0n) is 16.2. The van der Waals surface area contributed by atoms with Crippen LogP contribution in [-0.2, 0) is 0 Å². The van der Waals surface area contributed by atoms with E-state index in [-0.39, 0.29) is 11.5 Å². The van der Waals surface area contributed by atoms with Gasteiger partial charge >= 0.3 is 0 Å². The number of phenols is 1. The number of hydrogen-bond donors (Lipinski definition) is 2. The number of tetrazole rings is 1. The predicted molar refractivity (Wildman–Crippen MR) is 118 cm³/mol. The van der Waals surface area contributed by atoms with Crippen LogP contribution in [0, 0.1) is 0 Å². The number of Topliss-reactive ketones (excluding diaryl/α,β-unsaturated/α-hetero) is 1. The average Bonchev–Trinajstić information content (AvgIpc) is 3.45. The molecule has 2 aromatic heterocycles. The molecule has 1 atom stereocenters. The van der Waals surface area contributed by atoms with Crippen LogP contribution in [0.3, 0.4) is 0 Å². The van der Waals surface area contributed by atoms with Crippen LogP contribution >= 0.6 is 11.8 Å². The molecule has 2 N–H and O–H groups in total. The fraction of sp³-hybridized carbons (Fsp3) is 0.0435. The highest BCUT2D eigenvalue weighted by Crippen LogP contribution is 2.38. The maximum absolute atomic E-state index is 13.7. The monoisotopic (exact) mass is 427 g/mol. The van der Waals surface area contributed by atoms with Crippen LogP contribution in [0.1, 0.15) is 21.2 Å². The second-order valence-electron chi connectivity index (χ2n) is 6.91. The molecule has 31 heavy (non-hydrogen) atoms. The molecule has 0 saturated heterocycles. The first-order chi connectivity index (χ1) is 15.2. The molecule has 0 bridgehead atoms. The number of para-hydroxylation sites is 1. The second kappa shape index (κ2) is 8.08. The summed E-state index contributed by atoms with van der Waals surface area (Å²) in [6.07, 6.45) is 1.76. The fourth-order valence-corrected chi connectivity index (χ4v) is 4.49. The standard InChI is InChI=1S/C23H17N5O2S/c29-17-12-10-16(11-13-17)28-23(25-26-27-28)31-22(15-6-2-1-3-7-15)21(30)19-14-24-20-9-5-4-8-18(19)20/h1-14,22,24,29H. The molecule has 0 spiro atoms.